The fourth-order valence-electron chi connectivity index (χ4n) is 1.16. The highest BCUT2D eigenvalue weighted by atomic mass is 32.1. The molecule has 0 fully saturated rings. The van der Waals surface area contributed by atoms with Gasteiger partial charge < -0.3 is 10.5 Å². The third-order valence-electron chi connectivity index (χ3n) is 1.97. The first-order chi connectivity index (χ1) is 7.02. The third kappa shape index (κ3) is 11.6. The second kappa shape index (κ2) is 8.97. The minimum atomic E-state index is -0.231. The van der Waals surface area contributed by atoms with Crippen molar-refractivity contribution in [2.75, 3.05) is 6.61 Å². The summed E-state index contributed by atoms with van der Waals surface area (Å²) in [7, 11) is 0. The van der Waals surface area contributed by atoms with E-state index in [0.717, 1.165) is 25.7 Å². The molecule has 0 aliphatic heterocycles. The van der Waals surface area contributed by atoms with Crippen LogP contribution < -0.4 is 5.73 Å². The van der Waals surface area contributed by atoms with E-state index in [4.69, 9.17) is 22.7 Å². The lowest BCUT2D eigenvalue weighted by Gasteiger charge is -2.10. The molecule has 0 aromatic heterocycles. The first kappa shape index (κ1) is 14.7. The lowest BCUT2D eigenvalue weighted by atomic mass is 10.1. The second-order valence-corrected chi connectivity index (χ2v) is 4.80. The standard InChI is InChI=1S/C10H19NO2S2/c1-8(14)13-7-6-9(15)4-2-3-5-10(11)12/h9,15H,2-7H2,1H3,(H2,11,12)/t9-/m0/s1. The molecule has 2 N–H and O–H groups in total. The number of carbonyl (C=O) groups excluding carboxylic acids is 1. The number of hydrogen-bond acceptors (Lipinski definition) is 4. The zero-order chi connectivity index (χ0) is 11.7. The van der Waals surface area contributed by atoms with Crippen molar-refractivity contribution < 1.29 is 9.53 Å². The van der Waals surface area contributed by atoms with Gasteiger partial charge in [0, 0.05) is 18.6 Å². The Morgan fingerprint density at radius 2 is 2.13 bits per heavy atom. The van der Waals surface area contributed by atoms with E-state index in [1.54, 1.807) is 6.92 Å². The lowest BCUT2D eigenvalue weighted by Crippen LogP contribution is -2.10. The average molecular weight is 249 g/mol. The highest BCUT2D eigenvalue weighted by molar-refractivity contribution is 7.81. The molecule has 88 valence electrons. The maximum Gasteiger partial charge on any atom is 0.217 e. The molecule has 0 aromatic carbocycles. The molecule has 1 atom stereocenters. The van der Waals surface area contributed by atoms with Crippen LogP contribution in [0, 0.1) is 0 Å². The zero-order valence-corrected chi connectivity index (χ0v) is 10.8. The Hall–Kier alpha value is -0.290. The number of rotatable bonds is 8. The van der Waals surface area contributed by atoms with Gasteiger partial charge >= 0.3 is 0 Å². The van der Waals surface area contributed by atoms with E-state index in [1.165, 1.54) is 0 Å². The Labute approximate surface area is 102 Å². The molecule has 0 unspecified atom stereocenters. The maximum absolute atomic E-state index is 10.5. The van der Waals surface area contributed by atoms with Gasteiger partial charge in [-0.1, -0.05) is 6.42 Å². The summed E-state index contributed by atoms with van der Waals surface area (Å²) in [6.45, 7) is 2.38. The second-order valence-electron chi connectivity index (χ2n) is 3.49. The molecule has 0 aliphatic rings. The van der Waals surface area contributed by atoms with Crippen molar-refractivity contribution in [2.24, 2.45) is 5.73 Å². The van der Waals surface area contributed by atoms with Gasteiger partial charge in [-0.05, 0) is 31.5 Å². The monoisotopic (exact) mass is 249 g/mol. The van der Waals surface area contributed by atoms with Crippen LogP contribution in [0.5, 0.6) is 0 Å². The molecule has 0 spiro atoms. The number of thiocarbonyl (C=S) groups is 1. The van der Waals surface area contributed by atoms with E-state index in [1.807, 2.05) is 0 Å². The lowest BCUT2D eigenvalue weighted by molar-refractivity contribution is -0.118. The SMILES string of the molecule is CC(=S)OCC[C@@H](S)CCCCC(N)=O. The summed E-state index contributed by atoms with van der Waals surface area (Å²) in [4.78, 5) is 10.5. The topological polar surface area (TPSA) is 52.3 Å². The normalized spacial score (nSPS) is 12.1. The largest absolute Gasteiger partial charge is 0.487 e. The number of unbranched alkanes of at least 4 members (excludes halogenated alkanes) is 1. The highest BCUT2D eigenvalue weighted by Gasteiger charge is 2.04. The van der Waals surface area contributed by atoms with Crippen LogP contribution in [0.25, 0.3) is 0 Å². The molecule has 0 radical (unpaired) electrons. The van der Waals surface area contributed by atoms with E-state index < -0.39 is 0 Å². The molecule has 0 saturated heterocycles. The van der Waals surface area contributed by atoms with Crippen LogP contribution in [0.4, 0.5) is 0 Å². The van der Waals surface area contributed by atoms with Gasteiger partial charge in [0.15, 0.2) is 5.05 Å². The van der Waals surface area contributed by atoms with Crippen LogP contribution in [0.15, 0.2) is 0 Å². The van der Waals surface area contributed by atoms with Crippen molar-refractivity contribution in [2.45, 2.75) is 44.3 Å². The molecular formula is C10H19NO2S2. The highest BCUT2D eigenvalue weighted by Crippen LogP contribution is 2.12. The Morgan fingerprint density at radius 3 is 2.67 bits per heavy atom. The molecule has 3 nitrogen and oxygen atoms in total. The van der Waals surface area contributed by atoms with E-state index in [2.05, 4.69) is 12.6 Å². The molecule has 0 aliphatic carbocycles. The van der Waals surface area contributed by atoms with Crippen molar-refractivity contribution in [3.05, 3.63) is 0 Å². The summed E-state index contributed by atoms with van der Waals surface area (Å²) in [6.07, 6.45) is 4.16. The molecule has 0 saturated carbocycles. The van der Waals surface area contributed by atoms with E-state index in [-0.39, 0.29) is 5.91 Å². The van der Waals surface area contributed by atoms with Crippen LogP contribution in [0.2, 0.25) is 0 Å². The summed E-state index contributed by atoms with van der Waals surface area (Å²) < 4.78 is 5.17. The molecule has 0 aromatic rings. The van der Waals surface area contributed by atoms with Crippen molar-refractivity contribution in [1.29, 1.82) is 0 Å². The summed E-state index contributed by atoms with van der Waals surface area (Å²) in [5.41, 5.74) is 5.03. The van der Waals surface area contributed by atoms with Crippen LogP contribution in [0.1, 0.15) is 39.0 Å². The van der Waals surface area contributed by atoms with E-state index >= 15 is 0 Å². The molecular weight excluding hydrogens is 230 g/mol. The molecule has 1 amide bonds. The van der Waals surface area contributed by atoms with Gasteiger partial charge in [0.05, 0.1) is 6.61 Å². The predicted octanol–water partition coefficient (Wildman–Crippen LogP) is 2.08. The van der Waals surface area contributed by atoms with Gasteiger partial charge in [0.1, 0.15) is 0 Å². The summed E-state index contributed by atoms with van der Waals surface area (Å²) in [5.74, 6) is -0.231. The Kier molecular flexibility index (Phi) is 8.80. The van der Waals surface area contributed by atoms with Gasteiger partial charge in [-0.3, -0.25) is 4.79 Å². The van der Waals surface area contributed by atoms with Crippen LogP contribution in [0.3, 0.4) is 0 Å². The maximum atomic E-state index is 10.5. The van der Waals surface area contributed by atoms with Crippen LogP contribution in [-0.2, 0) is 9.53 Å². The fourth-order valence-corrected chi connectivity index (χ4v) is 1.53. The minimum Gasteiger partial charge on any atom is -0.487 e. The number of hydrogen-bond donors (Lipinski definition) is 2. The van der Waals surface area contributed by atoms with Gasteiger partial charge in [-0.15, -0.1) is 0 Å². The Morgan fingerprint density at radius 1 is 1.47 bits per heavy atom. The van der Waals surface area contributed by atoms with Gasteiger partial charge in [0.2, 0.25) is 5.91 Å². The van der Waals surface area contributed by atoms with Crippen molar-refractivity contribution in [1.82, 2.24) is 0 Å². The first-order valence-corrected chi connectivity index (χ1v) is 6.04. The number of carbonyl (C=O) groups is 1. The zero-order valence-electron chi connectivity index (χ0n) is 9.07. The van der Waals surface area contributed by atoms with Gasteiger partial charge in [0.25, 0.3) is 0 Å². The number of amides is 1. The molecule has 0 heterocycles. The van der Waals surface area contributed by atoms with Crippen LogP contribution >= 0.6 is 24.8 Å². The van der Waals surface area contributed by atoms with Crippen molar-refractivity contribution in [3.63, 3.8) is 0 Å². The minimum absolute atomic E-state index is 0.231. The predicted molar refractivity (Wildman–Crippen MR) is 69.3 cm³/mol. The molecule has 15 heavy (non-hydrogen) atoms. The smallest absolute Gasteiger partial charge is 0.217 e. The number of nitrogens with two attached hydrogens (primary N) is 1. The first-order valence-electron chi connectivity index (χ1n) is 5.12. The Balaban J connectivity index is 3.29. The summed E-state index contributed by atoms with van der Waals surface area (Å²) in [6, 6.07) is 0. The molecule has 5 heteroatoms. The van der Waals surface area contributed by atoms with E-state index in [9.17, 15) is 4.79 Å². The average Bonchev–Trinajstić information content (AvgIpc) is 2.11. The van der Waals surface area contributed by atoms with Crippen LogP contribution in [-0.4, -0.2) is 22.8 Å². The quantitative estimate of drug-likeness (QED) is 0.393. The summed E-state index contributed by atoms with van der Waals surface area (Å²) in [5, 5.41) is 0.886. The third-order valence-corrected chi connectivity index (χ3v) is 2.60. The van der Waals surface area contributed by atoms with Crippen molar-refractivity contribution in [3.8, 4) is 0 Å². The number of thiol groups is 1. The number of ether oxygens (including phenoxy) is 1. The molecule has 0 bridgehead atoms. The van der Waals surface area contributed by atoms with Crippen molar-refractivity contribution >= 4 is 35.8 Å². The van der Waals surface area contributed by atoms with E-state index in [0.29, 0.717) is 23.3 Å². The molecule has 0 rings (SSSR count). The fraction of sp³-hybridized carbons (Fsp3) is 0.800. The van der Waals surface area contributed by atoms with Gasteiger partial charge in [-0.2, -0.15) is 12.6 Å². The number of primary amides is 1. The summed E-state index contributed by atoms with van der Waals surface area (Å²) >= 11 is 9.20. The Bertz CT molecular complexity index is 210. The van der Waals surface area contributed by atoms with Gasteiger partial charge in [-0.25, -0.2) is 0 Å².